The average Bonchev–Trinajstić information content (AvgIpc) is 2.54. The van der Waals surface area contributed by atoms with Crippen molar-refractivity contribution >= 4 is 17.6 Å². The van der Waals surface area contributed by atoms with Crippen LogP contribution < -0.4 is 16.0 Å². The molecule has 0 heterocycles. The van der Waals surface area contributed by atoms with E-state index < -0.39 is 0 Å². The summed E-state index contributed by atoms with van der Waals surface area (Å²) < 4.78 is 4.99. The van der Waals surface area contributed by atoms with Gasteiger partial charge >= 0.3 is 6.03 Å². The Morgan fingerprint density at radius 1 is 1.17 bits per heavy atom. The Balaban J connectivity index is 2.64. The number of carbonyl (C=O) groups is 2. The zero-order chi connectivity index (χ0) is 18.1. The van der Waals surface area contributed by atoms with Gasteiger partial charge in [0.25, 0.3) is 5.91 Å². The van der Waals surface area contributed by atoms with Gasteiger partial charge in [-0.15, -0.1) is 0 Å². The van der Waals surface area contributed by atoms with Gasteiger partial charge in [0.05, 0.1) is 0 Å². The Morgan fingerprint density at radius 2 is 1.88 bits per heavy atom. The maximum Gasteiger partial charge on any atom is 0.319 e. The largest absolute Gasteiger partial charge is 0.385 e. The second-order valence-electron chi connectivity index (χ2n) is 6.09. The zero-order valence-electron chi connectivity index (χ0n) is 15.2. The second-order valence-corrected chi connectivity index (χ2v) is 6.09. The van der Waals surface area contributed by atoms with Crippen molar-refractivity contribution in [3.8, 4) is 0 Å². The lowest BCUT2D eigenvalue weighted by Crippen LogP contribution is -2.36. The quantitative estimate of drug-likeness (QED) is 0.683. The lowest BCUT2D eigenvalue weighted by atomic mass is 10.1. The SMILES string of the molecule is CC[C@@H](C)NC(=O)c1ccc(NC(=O)N[C@@H](C)CCOC)c(C)c1. The number of urea groups is 1. The van der Waals surface area contributed by atoms with Crippen molar-refractivity contribution in [3.63, 3.8) is 0 Å². The Bertz CT molecular complexity index is 560. The number of ether oxygens (including phenoxy) is 1. The molecule has 6 heteroatoms. The normalized spacial score (nSPS) is 13.0. The molecular weight excluding hydrogens is 306 g/mol. The topological polar surface area (TPSA) is 79.5 Å². The third-order valence-electron chi connectivity index (χ3n) is 3.86. The van der Waals surface area contributed by atoms with Crippen molar-refractivity contribution in [2.45, 2.75) is 52.6 Å². The predicted octanol–water partition coefficient (Wildman–Crippen LogP) is 3.07. The highest BCUT2D eigenvalue weighted by Gasteiger charge is 2.12. The molecule has 0 aliphatic carbocycles. The maximum absolute atomic E-state index is 12.1. The van der Waals surface area contributed by atoms with Crippen molar-refractivity contribution in [1.29, 1.82) is 0 Å². The highest BCUT2D eigenvalue weighted by molar-refractivity contribution is 5.96. The highest BCUT2D eigenvalue weighted by Crippen LogP contribution is 2.17. The number of methoxy groups -OCH3 is 1. The molecule has 24 heavy (non-hydrogen) atoms. The van der Waals surface area contributed by atoms with Gasteiger partial charge in [-0.2, -0.15) is 0 Å². The van der Waals surface area contributed by atoms with Gasteiger partial charge in [0.1, 0.15) is 0 Å². The van der Waals surface area contributed by atoms with Crippen molar-refractivity contribution in [2.24, 2.45) is 0 Å². The van der Waals surface area contributed by atoms with Crippen LogP contribution in [0.1, 0.15) is 49.5 Å². The minimum Gasteiger partial charge on any atom is -0.385 e. The van der Waals surface area contributed by atoms with Gasteiger partial charge in [0, 0.05) is 37.1 Å². The van der Waals surface area contributed by atoms with Crippen molar-refractivity contribution in [3.05, 3.63) is 29.3 Å². The monoisotopic (exact) mass is 335 g/mol. The summed E-state index contributed by atoms with van der Waals surface area (Å²) >= 11 is 0. The molecule has 2 atom stereocenters. The van der Waals surface area contributed by atoms with E-state index in [1.807, 2.05) is 27.7 Å². The predicted molar refractivity (Wildman–Crippen MR) is 96.5 cm³/mol. The van der Waals surface area contributed by atoms with Crippen molar-refractivity contribution in [1.82, 2.24) is 10.6 Å². The van der Waals surface area contributed by atoms with Crippen molar-refractivity contribution < 1.29 is 14.3 Å². The summed E-state index contributed by atoms with van der Waals surface area (Å²) in [5.74, 6) is -0.100. The fraction of sp³-hybridized carbons (Fsp3) is 0.556. The minimum atomic E-state index is -0.265. The number of benzene rings is 1. The van der Waals surface area contributed by atoms with Crippen LogP contribution in [0.2, 0.25) is 0 Å². The molecule has 0 radical (unpaired) electrons. The van der Waals surface area contributed by atoms with Crippen LogP contribution in [0, 0.1) is 6.92 Å². The smallest absolute Gasteiger partial charge is 0.319 e. The van der Waals surface area contributed by atoms with Crippen molar-refractivity contribution in [2.75, 3.05) is 19.0 Å². The second kappa shape index (κ2) is 9.93. The van der Waals surface area contributed by atoms with E-state index in [1.165, 1.54) is 0 Å². The van der Waals surface area contributed by atoms with E-state index in [0.717, 1.165) is 18.4 Å². The molecular formula is C18H29N3O3. The van der Waals surface area contributed by atoms with Gasteiger partial charge in [-0.3, -0.25) is 4.79 Å². The first-order valence-electron chi connectivity index (χ1n) is 8.35. The third-order valence-corrected chi connectivity index (χ3v) is 3.86. The molecule has 0 spiro atoms. The van der Waals surface area contributed by atoms with E-state index in [1.54, 1.807) is 25.3 Å². The third kappa shape index (κ3) is 6.58. The maximum atomic E-state index is 12.1. The molecule has 134 valence electrons. The molecule has 0 aliphatic rings. The molecule has 1 aromatic carbocycles. The number of anilines is 1. The Labute approximate surface area is 144 Å². The number of aryl methyl sites for hydroxylation is 1. The molecule has 3 N–H and O–H groups in total. The van der Waals surface area contributed by atoms with E-state index in [0.29, 0.717) is 17.9 Å². The number of carbonyl (C=O) groups excluding carboxylic acids is 2. The van der Waals surface area contributed by atoms with Crippen LogP contribution in [0.5, 0.6) is 0 Å². The van der Waals surface area contributed by atoms with E-state index >= 15 is 0 Å². The summed E-state index contributed by atoms with van der Waals surface area (Å²) in [6, 6.07) is 5.13. The summed E-state index contributed by atoms with van der Waals surface area (Å²) in [7, 11) is 1.63. The van der Waals surface area contributed by atoms with Crippen LogP contribution in [-0.2, 0) is 4.74 Å². The van der Waals surface area contributed by atoms with Crippen LogP contribution in [-0.4, -0.2) is 37.7 Å². The molecule has 0 saturated heterocycles. The van der Waals surface area contributed by atoms with E-state index in [-0.39, 0.29) is 24.0 Å². The Morgan fingerprint density at radius 3 is 2.46 bits per heavy atom. The Hall–Kier alpha value is -2.08. The number of nitrogens with one attached hydrogen (secondary N) is 3. The summed E-state index contributed by atoms with van der Waals surface area (Å²) in [6.45, 7) is 8.38. The van der Waals surface area contributed by atoms with Gasteiger partial charge in [-0.25, -0.2) is 4.79 Å². The first kappa shape index (κ1) is 20.0. The summed E-state index contributed by atoms with van der Waals surface area (Å²) in [4.78, 5) is 24.1. The van der Waals surface area contributed by atoms with E-state index in [2.05, 4.69) is 16.0 Å². The molecule has 1 rings (SSSR count). The molecule has 0 aliphatic heterocycles. The van der Waals surface area contributed by atoms with Crippen LogP contribution >= 0.6 is 0 Å². The molecule has 1 aromatic rings. The molecule has 0 fully saturated rings. The number of hydrogen-bond acceptors (Lipinski definition) is 3. The van der Waals surface area contributed by atoms with E-state index in [4.69, 9.17) is 4.74 Å². The summed E-state index contributed by atoms with van der Waals surface area (Å²) in [5, 5.41) is 8.59. The number of hydrogen-bond donors (Lipinski definition) is 3. The zero-order valence-corrected chi connectivity index (χ0v) is 15.2. The van der Waals surface area contributed by atoms with Crippen LogP contribution in [0.3, 0.4) is 0 Å². The highest BCUT2D eigenvalue weighted by atomic mass is 16.5. The van der Waals surface area contributed by atoms with Gasteiger partial charge in [-0.05, 0) is 57.4 Å². The molecule has 0 saturated carbocycles. The molecule has 0 unspecified atom stereocenters. The van der Waals surface area contributed by atoms with Gasteiger partial charge in [0.15, 0.2) is 0 Å². The first-order chi connectivity index (χ1) is 11.4. The average molecular weight is 335 g/mol. The lowest BCUT2D eigenvalue weighted by molar-refractivity contribution is 0.0939. The summed E-state index contributed by atoms with van der Waals surface area (Å²) in [6.07, 6.45) is 1.63. The summed E-state index contributed by atoms with van der Waals surface area (Å²) in [5.41, 5.74) is 2.12. The first-order valence-corrected chi connectivity index (χ1v) is 8.35. The fourth-order valence-electron chi connectivity index (χ4n) is 2.10. The van der Waals surface area contributed by atoms with Gasteiger partial charge in [0.2, 0.25) is 0 Å². The molecule has 0 aromatic heterocycles. The number of amides is 3. The molecule has 6 nitrogen and oxygen atoms in total. The Kier molecular flexibility index (Phi) is 8.26. The standard InChI is InChI=1S/C18H29N3O3/c1-6-13(3)19-17(22)15-7-8-16(12(2)11-15)21-18(23)20-14(4)9-10-24-5/h7-8,11,13-14H,6,9-10H2,1-5H3,(H,19,22)(H2,20,21,23)/t13-,14+/m1/s1. The minimum absolute atomic E-state index is 0.0193. The van der Waals surface area contributed by atoms with Gasteiger partial charge < -0.3 is 20.7 Å². The lowest BCUT2D eigenvalue weighted by Gasteiger charge is -2.16. The van der Waals surface area contributed by atoms with Crippen LogP contribution in [0.25, 0.3) is 0 Å². The molecule has 0 bridgehead atoms. The number of rotatable bonds is 8. The van der Waals surface area contributed by atoms with Crippen LogP contribution in [0.15, 0.2) is 18.2 Å². The van der Waals surface area contributed by atoms with E-state index in [9.17, 15) is 9.59 Å². The van der Waals surface area contributed by atoms with Crippen LogP contribution in [0.4, 0.5) is 10.5 Å². The fourth-order valence-corrected chi connectivity index (χ4v) is 2.10. The molecule has 3 amide bonds. The van der Waals surface area contributed by atoms with Gasteiger partial charge in [-0.1, -0.05) is 6.92 Å².